The van der Waals surface area contributed by atoms with Gasteiger partial charge in [0, 0.05) is 83.0 Å². The predicted molar refractivity (Wildman–Crippen MR) is 156 cm³/mol. The Morgan fingerprint density at radius 3 is 2.31 bits per heavy atom. The van der Waals surface area contributed by atoms with E-state index in [2.05, 4.69) is 4.90 Å². The van der Waals surface area contributed by atoms with E-state index in [0.717, 1.165) is 0 Å². The molecule has 1 spiro atoms. The first-order valence-corrected chi connectivity index (χ1v) is 15.8. The first-order valence-electron chi connectivity index (χ1n) is 15.8. The van der Waals surface area contributed by atoms with Crippen LogP contribution >= 0.6 is 0 Å². The minimum absolute atomic E-state index is 0.0754. The monoisotopic (exact) mass is 631 g/mol. The van der Waals surface area contributed by atoms with Gasteiger partial charge < -0.3 is 48.6 Å². The number of rotatable bonds is 8. The van der Waals surface area contributed by atoms with Crippen molar-refractivity contribution in [2.24, 2.45) is 34.5 Å². The molecule has 5 aliphatic carbocycles. The Morgan fingerprint density at radius 1 is 1.00 bits per heavy atom. The van der Waals surface area contributed by atoms with E-state index in [4.69, 9.17) is 28.4 Å². The molecule has 45 heavy (non-hydrogen) atoms. The second-order valence-corrected chi connectivity index (χ2v) is 14.3. The number of ether oxygens (including phenoxy) is 6. The van der Waals surface area contributed by atoms with Crippen molar-refractivity contribution in [1.29, 1.82) is 0 Å². The Labute approximate surface area is 262 Å². The largest absolute Gasteiger partial charge is 0.455 e. The van der Waals surface area contributed by atoms with Crippen LogP contribution < -0.4 is 0 Å². The highest BCUT2D eigenvalue weighted by Gasteiger charge is 2.92. The molecule has 7 bridgehead atoms. The van der Waals surface area contributed by atoms with Gasteiger partial charge in [-0.1, -0.05) is 18.2 Å². The molecule has 12 nitrogen and oxygen atoms in total. The molecule has 3 N–H and O–H groups in total. The highest BCUT2D eigenvalue weighted by Crippen LogP contribution is 2.80. The van der Waals surface area contributed by atoms with Crippen molar-refractivity contribution in [3.63, 3.8) is 0 Å². The molecule has 0 unspecified atom stereocenters. The van der Waals surface area contributed by atoms with Gasteiger partial charge in [0.15, 0.2) is 5.60 Å². The van der Waals surface area contributed by atoms with E-state index in [0.29, 0.717) is 18.5 Å². The van der Waals surface area contributed by atoms with Gasteiger partial charge in [-0.15, -0.1) is 0 Å². The van der Waals surface area contributed by atoms with Gasteiger partial charge in [-0.3, -0.25) is 4.79 Å². The zero-order valence-electron chi connectivity index (χ0n) is 26.6. The second kappa shape index (κ2) is 10.4. The topological polar surface area (TPSA) is 153 Å². The van der Waals surface area contributed by atoms with E-state index < -0.39 is 88.3 Å². The standard InChI is InChI=1S/C33H45NO11/c1-16(35)45-33-21-18(13-31(39,28(43-6)26(33)37)27(21)44-29(38)17-10-8-7-9-11-17)32-20(41-4)12-19(36)30(15-40-3)14-34(2)25(32)22(33)23(42-5)24(30)32/h7-11,18-28,36-37,39H,12-15H2,1-6H3/t18-,19+,20-,21+,22-,23-,24+,25+,26+,27-,28-,30+,31-,32-,33-/m1/s1. The van der Waals surface area contributed by atoms with Gasteiger partial charge in [0.05, 0.1) is 30.5 Å². The van der Waals surface area contributed by atoms with Gasteiger partial charge in [-0.05, 0) is 31.5 Å². The van der Waals surface area contributed by atoms with E-state index >= 15 is 0 Å². The molecule has 0 amide bonds. The number of benzene rings is 1. The molecule has 1 aromatic rings. The summed E-state index contributed by atoms with van der Waals surface area (Å²) < 4.78 is 37.2. The molecule has 1 heterocycles. The smallest absolute Gasteiger partial charge is 0.338 e. The van der Waals surface area contributed by atoms with Gasteiger partial charge in [-0.25, -0.2) is 4.79 Å². The van der Waals surface area contributed by atoms with Gasteiger partial charge in [0.25, 0.3) is 0 Å². The van der Waals surface area contributed by atoms with Crippen molar-refractivity contribution in [1.82, 2.24) is 4.90 Å². The lowest BCUT2D eigenvalue weighted by Gasteiger charge is -2.70. The molecule has 7 rings (SSSR count). The van der Waals surface area contributed by atoms with Crippen molar-refractivity contribution in [3.05, 3.63) is 35.9 Å². The molecule has 1 aliphatic heterocycles. The Hall–Kier alpha value is -2.16. The fourth-order valence-corrected chi connectivity index (χ4v) is 12.2. The van der Waals surface area contributed by atoms with Gasteiger partial charge in [0.2, 0.25) is 0 Å². The van der Waals surface area contributed by atoms with Crippen molar-refractivity contribution < 1.29 is 53.3 Å². The van der Waals surface area contributed by atoms with Crippen molar-refractivity contribution in [2.75, 3.05) is 48.6 Å². The van der Waals surface area contributed by atoms with Gasteiger partial charge in [0.1, 0.15) is 23.9 Å². The van der Waals surface area contributed by atoms with Crippen LogP contribution in [-0.2, 0) is 33.2 Å². The number of carbonyl (C=O) groups is 2. The molecule has 0 radical (unpaired) electrons. The molecule has 5 saturated carbocycles. The highest BCUT2D eigenvalue weighted by atomic mass is 16.6. The number of hydrogen-bond acceptors (Lipinski definition) is 12. The van der Waals surface area contributed by atoms with Crippen LogP contribution in [0.2, 0.25) is 0 Å². The van der Waals surface area contributed by atoms with E-state index in [1.54, 1.807) is 51.7 Å². The number of carbonyl (C=O) groups excluding carboxylic acids is 2. The van der Waals surface area contributed by atoms with Crippen LogP contribution in [0.5, 0.6) is 0 Å². The Balaban J connectivity index is 1.52. The number of esters is 2. The van der Waals surface area contributed by atoms with Crippen LogP contribution in [0.4, 0.5) is 0 Å². The molecule has 1 aromatic carbocycles. The number of nitrogens with zero attached hydrogens (tertiary/aromatic N) is 1. The summed E-state index contributed by atoms with van der Waals surface area (Å²) in [5, 5.41) is 37.0. The molecule has 12 heteroatoms. The number of hydrogen-bond donors (Lipinski definition) is 3. The van der Waals surface area contributed by atoms with Crippen LogP contribution in [0.15, 0.2) is 30.3 Å². The fourth-order valence-electron chi connectivity index (χ4n) is 12.2. The minimum Gasteiger partial charge on any atom is -0.455 e. The Kier molecular flexibility index (Phi) is 7.28. The number of methoxy groups -OCH3 is 4. The quantitative estimate of drug-likeness (QED) is 0.337. The predicted octanol–water partition coefficient (Wildman–Crippen LogP) is 0.258. The summed E-state index contributed by atoms with van der Waals surface area (Å²) in [6.07, 6.45) is -5.50. The highest BCUT2D eigenvalue weighted by molar-refractivity contribution is 5.89. The van der Waals surface area contributed by atoms with Crippen LogP contribution in [0.3, 0.4) is 0 Å². The lowest BCUT2D eigenvalue weighted by molar-refractivity contribution is -0.321. The van der Waals surface area contributed by atoms with Crippen LogP contribution in [0.1, 0.15) is 30.1 Å². The lowest BCUT2D eigenvalue weighted by Crippen LogP contribution is -2.81. The third-order valence-electron chi connectivity index (χ3n) is 12.9. The number of likely N-dealkylation sites (tertiary alicyclic amines) is 1. The molecule has 248 valence electrons. The lowest BCUT2D eigenvalue weighted by atomic mass is 9.42. The normalized spacial score (nSPS) is 50.7. The number of aliphatic hydroxyl groups is 3. The van der Waals surface area contributed by atoms with E-state index in [1.807, 2.05) is 7.05 Å². The first kappa shape index (κ1) is 31.4. The van der Waals surface area contributed by atoms with Crippen molar-refractivity contribution in [3.8, 4) is 0 Å². The average Bonchev–Trinajstić information content (AvgIpc) is 3.40. The van der Waals surface area contributed by atoms with Crippen LogP contribution in [0.25, 0.3) is 0 Å². The maximum Gasteiger partial charge on any atom is 0.338 e. The molecule has 15 atom stereocenters. The maximum atomic E-state index is 13.7. The molecule has 0 aromatic heterocycles. The summed E-state index contributed by atoms with van der Waals surface area (Å²) in [6, 6.07) is 8.15. The third kappa shape index (κ3) is 3.55. The zero-order valence-corrected chi connectivity index (χ0v) is 26.6. The Bertz CT molecular complexity index is 1350. The van der Waals surface area contributed by atoms with E-state index in [9.17, 15) is 24.9 Å². The number of fused-ring (bicyclic) bond motifs is 2. The third-order valence-corrected chi connectivity index (χ3v) is 12.9. The van der Waals surface area contributed by atoms with Crippen LogP contribution in [0, 0.1) is 34.5 Å². The maximum absolute atomic E-state index is 13.7. The van der Waals surface area contributed by atoms with Gasteiger partial charge >= 0.3 is 11.9 Å². The number of piperidine rings is 1. The summed E-state index contributed by atoms with van der Waals surface area (Å²) in [7, 11) is 8.20. The summed E-state index contributed by atoms with van der Waals surface area (Å²) in [5.74, 6) is -3.66. The zero-order chi connectivity index (χ0) is 32.3. The van der Waals surface area contributed by atoms with E-state index in [-0.39, 0.29) is 25.0 Å². The van der Waals surface area contributed by atoms with E-state index in [1.165, 1.54) is 14.0 Å². The molecule has 6 aliphatic rings. The SMILES string of the molecule is COC[C@]12CN(C)[C@H]3[C@H]4[C@@H](OC)[C@@H]1[C@@]3([C@@H]1C[C@@]3(O)[C@H](OC(=O)c5ccccc5)[C@H]1[C@]4(OC(C)=O)[C@@H](O)[C@H]3OC)[C@H](OC)C[C@@H]2O. The van der Waals surface area contributed by atoms with Crippen molar-refractivity contribution in [2.45, 2.75) is 73.6 Å². The van der Waals surface area contributed by atoms with Gasteiger partial charge in [-0.2, -0.15) is 0 Å². The van der Waals surface area contributed by atoms with Crippen LogP contribution in [-0.4, -0.2) is 135 Å². The van der Waals surface area contributed by atoms with Crippen molar-refractivity contribution >= 4 is 11.9 Å². The molecule has 6 fully saturated rings. The minimum atomic E-state index is -1.83. The molecular formula is C33H45NO11. The molecular weight excluding hydrogens is 586 g/mol. The summed E-state index contributed by atoms with van der Waals surface area (Å²) in [4.78, 5) is 29.1. The first-order chi connectivity index (χ1) is 21.4. The summed E-state index contributed by atoms with van der Waals surface area (Å²) >= 11 is 0. The number of aliphatic hydroxyl groups excluding tert-OH is 2. The Morgan fingerprint density at radius 2 is 1.71 bits per heavy atom. The summed E-state index contributed by atoms with van der Waals surface area (Å²) in [6.45, 7) is 2.00. The molecule has 1 saturated heterocycles. The second-order valence-electron chi connectivity index (χ2n) is 14.3. The summed E-state index contributed by atoms with van der Waals surface area (Å²) in [5.41, 5.74) is -4.79. The average molecular weight is 632 g/mol. The fraction of sp³-hybridized carbons (Fsp3) is 0.758.